The highest BCUT2D eigenvalue weighted by Gasteiger charge is 2.27. The lowest BCUT2D eigenvalue weighted by atomic mass is 10.1. The summed E-state index contributed by atoms with van der Waals surface area (Å²) >= 11 is 0. The van der Waals surface area contributed by atoms with Crippen LogP contribution in [0.4, 0.5) is 0 Å². The highest BCUT2D eigenvalue weighted by molar-refractivity contribution is 7.89. The Hall–Kier alpha value is -3.03. The molecule has 6 nitrogen and oxygen atoms in total. The Bertz CT molecular complexity index is 1170. The molecule has 0 amide bonds. The van der Waals surface area contributed by atoms with Crippen LogP contribution in [0.15, 0.2) is 84.0 Å². The summed E-state index contributed by atoms with van der Waals surface area (Å²) in [5, 5.41) is -0.0234. The summed E-state index contributed by atoms with van der Waals surface area (Å²) in [6.07, 6.45) is 1.46. The summed E-state index contributed by atoms with van der Waals surface area (Å²) in [4.78, 5) is 8.66. The Morgan fingerprint density at radius 2 is 1.63 bits per heavy atom. The van der Waals surface area contributed by atoms with Crippen LogP contribution in [0.5, 0.6) is 0 Å². The van der Waals surface area contributed by atoms with Crippen LogP contribution >= 0.6 is 0 Å². The van der Waals surface area contributed by atoms with E-state index in [1.54, 1.807) is 12.1 Å². The molecule has 0 aliphatic heterocycles. The summed E-state index contributed by atoms with van der Waals surface area (Å²) in [5.41, 5.74) is 2.55. The maximum atomic E-state index is 12.9. The smallest absolute Gasteiger partial charge is 0.258 e. The quantitative estimate of drug-likeness (QED) is 0.579. The number of imidazole rings is 1. The molecule has 136 valence electrons. The maximum absolute atomic E-state index is 12.9. The molecule has 7 heteroatoms. The molecule has 0 aliphatic carbocycles. The molecule has 0 radical (unpaired) electrons. The molecule has 0 unspecified atom stereocenters. The molecule has 2 heterocycles. The van der Waals surface area contributed by atoms with Crippen molar-refractivity contribution < 1.29 is 8.42 Å². The molecule has 0 bridgehead atoms. The fraction of sp³-hybridized carbons (Fsp3) is 0.100. The van der Waals surface area contributed by atoms with Crippen molar-refractivity contribution in [1.82, 2.24) is 19.3 Å². The lowest BCUT2D eigenvalue weighted by Crippen LogP contribution is -2.31. The van der Waals surface area contributed by atoms with E-state index in [1.807, 2.05) is 66.2 Å². The summed E-state index contributed by atoms with van der Waals surface area (Å²) in [5.74, 6) is 0.613. The van der Waals surface area contributed by atoms with Crippen LogP contribution in [-0.2, 0) is 17.1 Å². The van der Waals surface area contributed by atoms with Crippen molar-refractivity contribution in [2.24, 2.45) is 7.05 Å². The monoisotopic (exact) mass is 378 g/mol. The van der Waals surface area contributed by atoms with Crippen LogP contribution in [0.3, 0.4) is 0 Å². The van der Waals surface area contributed by atoms with Crippen molar-refractivity contribution in [3.05, 3.63) is 90.4 Å². The second-order valence-electron chi connectivity index (χ2n) is 6.15. The third kappa shape index (κ3) is 3.34. The van der Waals surface area contributed by atoms with Gasteiger partial charge in [-0.1, -0.05) is 48.5 Å². The topological polar surface area (TPSA) is 76.9 Å². The first kappa shape index (κ1) is 17.4. The van der Waals surface area contributed by atoms with Gasteiger partial charge in [-0.05, 0) is 29.8 Å². The Morgan fingerprint density at radius 3 is 2.33 bits per heavy atom. The molecule has 0 saturated carbocycles. The van der Waals surface area contributed by atoms with Gasteiger partial charge in [-0.25, -0.2) is 18.4 Å². The van der Waals surface area contributed by atoms with Crippen LogP contribution < -0.4 is 4.72 Å². The highest BCUT2D eigenvalue weighted by Crippen LogP contribution is 2.26. The predicted molar refractivity (Wildman–Crippen MR) is 104 cm³/mol. The van der Waals surface area contributed by atoms with Crippen LogP contribution in [0, 0.1) is 0 Å². The first-order valence-corrected chi connectivity index (χ1v) is 9.94. The van der Waals surface area contributed by atoms with Gasteiger partial charge in [0, 0.05) is 13.2 Å². The highest BCUT2D eigenvalue weighted by atomic mass is 32.2. The van der Waals surface area contributed by atoms with Gasteiger partial charge >= 0.3 is 0 Å². The zero-order chi connectivity index (χ0) is 18.9. The number of aromatic nitrogens is 3. The number of hydrogen-bond donors (Lipinski definition) is 1. The fourth-order valence-electron chi connectivity index (χ4n) is 3.06. The molecular formula is C20H18N4O2S. The third-order valence-electron chi connectivity index (χ3n) is 4.40. The molecule has 27 heavy (non-hydrogen) atoms. The van der Waals surface area contributed by atoms with E-state index >= 15 is 0 Å². The number of sulfonamides is 1. The number of hydrogen-bond acceptors (Lipinski definition) is 4. The molecule has 0 fully saturated rings. The van der Waals surface area contributed by atoms with E-state index in [0.29, 0.717) is 5.82 Å². The second kappa shape index (κ2) is 6.94. The van der Waals surface area contributed by atoms with Crippen molar-refractivity contribution in [3.8, 4) is 0 Å². The van der Waals surface area contributed by atoms with Crippen molar-refractivity contribution in [2.75, 3.05) is 0 Å². The van der Waals surface area contributed by atoms with Gasteiger partial charge in [0.1, 0.15) is 11.9 Å². The summed E-state index contributed by atoms with van der Waals surface area (Å²) in [6, 6.07) is 21.3. The minimum absolute atomic E-state index is 0.0234. The number of pyridine rings is 1. The lowest BCUT2D eigenvalue weighted by Gasteiger charge is -2.19. The fourth-order valence-corrected chi connectivity index (χ4v) is 4.19. The van der Waals surface area contributed by atoms with E-state index in [2.05, 4.69) is 14.7 Å². The average Bonchev–Trinajstić information content (AvgIpc) is 3.04. The second-order valence-corrected chi connectivity index (χ2v) is 7.81. The van der Waals surface area contributed by atoms with Crippen LogP contribution in [0.2, 0.25) is 0 Å². The van der Waals surface area contributed by atoms with Crippen LogP contribution in [-0.4, -0.2) is 23.0 Å². The van der Waals surface area contributed by atoms with Gasteiger partial charge in [-0.2, -0.15) is 4.72 Å². The molecular weight excluding hydrogens is 360 g/mol. The van der Waals surface area contributed by atoms with Gasteiger partial charge in [0.05, 0.1) is 11.0 Å². The zero-order valence-corrected chi connectivity index (χ0v) is 15.5. The van der Waals surface area contributed by atoms with Gasteiger partial charge in [0.25, 0.3) is 10.0 Å². The Kier molecular flexibility index (Phi) is 4.47. The Labute approximate surface area is 157 Å². The molecule has 2 aromatic carbocycles. The average molecular weight is 378 g/mol. The number of nitrogens with zero attached hydrogens (tertiary/aromatic N) is 3. The summed E-state index contributed by atoms with van der Waals surface area (Å²) in [7, 11) is -1.94. The largest absolute Gasteiger partial charge is 0.329 e. The first-order valence-electron chi connectivity index (χ1n) is 8.46. The van der Waals surface area contributed by atoms with E-state index in [-0.39, 0.29) is 5.03 Å². The van der Waals surface area contributed by atoms with Crippen molar-refractivity contribution in [2.45, 2.75) is 11.1 Å². The number of fused-ring (bicyclic) bond motifs is 1. The number of nitrogens with one attached hydrogen (secondary N) is 1. The van der Waals surface area contributed by atoms with E-state index < -0.39 is 16.1 Å². The summed E-state index contributed by atoms with van der Waals surface area (Å²) in [6.45, 7) is 0. The molecule has 1 atom stereocenters. The molecule has 0 aliphatic rings. The zero-order valence-electron chi connectivity index (χ0n) is 14.6. The Morgan fingerprint density at radius 1 is 0.926 bits per heavy atom. The standard InChI is InChI=1S/C20H18N4O2S/c1-24-17-12-6-5-11-16(17)22-20(24)19(15-9-3-2-4-10-15)23-27(25,26)18-13-7-8-14-21-18/h2-14,19,23H,1H3/t19-/m1/s1. The summed E-state index contributed by atoms with van der Waals surface area (Å²) < 4.78 is 30.5. The third-order valence-corrected chi connectivity index (χ3v) is 5.74. The number of aryl methyl sites for hydroxylation is 1. The molecule has 1 N–H and O–H groups in total. The van der Waals surface area contributed by atoms with E-state index in [4.69, 9.17) is 0 Å². The molecule has 4 aromatic rings. The number of para-hydroxylation sites is 2. The van der Waals surface area contributed by atoms with Crippen molar-refractivity contribution in [3.63, 3.8) is 0 Å². The van der Waals surface area contributed by atoms with Crippen LogP contribution in [0.25, 0.3) is 11.0 Å². The Balaban J connectivity index is 1.84. The van der Waals surface area contributed by atoms with Gasteiger partial charge in [0.2, 0.25) is 0 Å². The lowest BCUT2D eigenvalue weighted by molar-refractivity contribution is 0.560. The van der Waals surface area contributed by atoms with Gasteiger partial charge < -0.3 is 4.57 Å². The van der Waals surface area contributed by atoms with Crippen molar-refractivity contribution >= 4 is 21.1 Å². The van der Waals surface area contributed by atoms with Crippen molar-refractivity contribution in [1.29, 1.82) is 0 Å². The number of rotatable bonds is 5. The van der Waals surface area contributed by atoms with Gasteiger partial charge in [0.15, 0.2) is 5.03 Å². The predicted octanol–water partition coefficient (Wildman–Crippen LogP) is 3.04. The van der Waals surface area contributed by atoms with Gasteiger partial charge in [-0.3, -0.25) is 0 Å². The molecule has 0 saturated heterocycles. The molecule has 2 aromatic heterocycles. The van der Waals surface area contributed by atoms with Crippen LogP contribution in [0.1, 0.15) is 17.4 Å². The van der Waals surface area contributed by atoms with E-state index in [1.165, 1.54) is 12.3 Å². The van der Waals surface area contributed by atoms with Gasteiger partial charge in [-0.15, -0.1) is 0 Å². The molecule has 0 spiro atoms. The molecule has 4 rings (SSSR count). The first-order chi connectivity index (χ1) is 13.1. The maximum Gasteiger partial charge on any atom is 0.258 e. The van der Waals surface area contributed by atoms with E-state index in [0.717, 1.165) is 16.6 Å². The normalized spacial score (nSPS) is 12.9. The minimum atomic E-state index is -3.82. The van der Waals surface area contributed by atoms with E-state index in [9.17, 15) is 8.42 Å². The SMILES string of the molecule is Cn1c([C@H](NS(=O)(=O)c2ccccn2)c2ccccc2)nc2ccccc21. The number of benzene rings is 2. The minimum Gasteiger partial charge on any atom is -0.329 e.